The highest BCUT2D eigenvalue weighted by Gasteiger charge is 2.23. The summed E-state index contributed by atoms with van der Waals surface area (Å²) in [4.78, 5) is 20.8. The highest BCUT2D eigenvalue weighted by Crippen LogP contribution is 2.24. The Morgan fingerprint density at radius 3 is 2.59 bits per heavy atom. The van der Waals surface area contributed by atoms with Gasteiger partial charge >= 0.3 is 0 Å². The van der Waals surface area contributed by atoms with Crippen LogP contribution in [-0.4, -0.2) is 28.0 Å². The SMILES string of the molecule is Cc1cccc(Cc2cccc(Nc3nc(N[C@@H]4CCCC[C@@H]4N)ncc3C(N)=O)c2)c1. The summed E-state index contributed by atoms with van der Waals surface area (Å²) >= 11 is 0. The number of nitrogens with zero attached hydrogens (tertiary/aromatic N) is 2. The molecular formula is C25H30N6O. The number of aromatic nitrogens is 2. The average molecular weight is 431 g/mol. The van der Waals surface area contributed by atoms with Crippen molar-refractivity contribution in [3.63, 3.8) is 0 Å². The molecule has 0 aliphatic heterocycles. The summed E-state index contributed by atoms with van der Waals surface area (Å²) in [6.07, 6.45) is 6.51. The molecule has 2 aromatic carbocycles. The minimum Gasteiger partial charge on any atom is -0.365 e. The van der Waals surface area contributed by atoms with Crippen LogP contribution in [0.3, 0.4) is 0 Å². The molecule has 2 atom stereocenters. The van der Waals surface area contributed by atoms with Gasteiger partial charge in [0.25, 0.3) is 5.91 Å². The Hall–Kier alpha value is -3.45. The molecule has 1 saturated carbocycles. The number of rotatable bonds is 7. The Bertz CT molecular complexity index is 1100. The van der Waals surface area contributed by atoms with Crippen LogP contribution in [0.5, 0.6) is 0 Å². The van der Waals surface area contributed by atoms with Gasteiger partial charge in [0.1, 0.15) is 11.4 Å². The van der Waals surface area contributed by atoms with Gasteiger partial charge in [-0.1, -0.05) is 54.8 Å². The summed E-state index contributed by atoms with van der Waals surface area (Å²) in [6, 6.07) is 16.7. The van der Waals surface area contributed by atoms with Gasteiger partial charge in [-0.3, -0.25) is 4.79 Å². The van der Waals surface area contributed by atoms with Crippen molar-refractivity contribution in [2.24, 2.45) is 11.5 Å². The van der Waals surface area contributed by atoms with Crippen LogP contribution in [0.15, 0.2) is 54.7 Å². The maximum atomic E-state index is 12.0. The second kappa shape index (κ2) is 9.78. The number of hydrogen-bond donors (Lipinski definition) is 4. The fourth-order valence-corrected chi connectivity index (χ4v) is 4.19. The van der Waals surface area contributed by atoms with Crippen LogP contribution < -0.4 is 22.1 Å². The molecule has 0 unspecified atom stereocenters. The third kappa shape index (κ3) is 5.42. The van der Waals surface area contributed by atoms with Crippen LogP contribution in [0.1, 0.15) is 52.7 Å². The summed E-state index contributed by atoms with van der Waals surface area (Å²) in [5, 5.41) is 6.59. The third-order valence-electron chi connectivity index (χ3n) is 5.87. The molecule has 1 fully saturated rings. The highest BCUT2D eigenvalue weighted by atomic mass is 16.1. The lowest BCUT2D eigenvalue weighted by Crippen LogP contribution is -2.43. The lowest BCUT2D eigenvalue weighted by Gasteiger charge is -2.29. The van der Waals surface area contributed by atoms with Crippen LogP contribution >= 0.6 is 0 Å². The third-order valence-corrected chi connectivity index (χ3v) is 5.87. The summed E-state index contributed by atoms with van der Waals surface area (Å²) in [5.74, 6) is 0.243. The van der Waals surface area contributed by atoms with Crippen molar-refractivity contribution in [2.75, 3.05) is 10.6 Å². The molecule has 0 spiro atoms. The maximum absolute atomic E-state index is 12.0. The quantitative estimate of drug-likeness (QED) is 0.451. The molecule has 1 aliphatic carbocycles. The van der Waals surface area contributed by atoms with Crippen LogP contribution in [0.2, 0.25) is 0 Å². The molecule has 1 aromatic heterocycles. The minimum absolute atomic E-state index is 0.0675. The Labute approximate surface area is 188 Å². The number of carbonyl (C=O) groups excluding carboxylic acids is 1. The molecule has 166 valence electrons. The summed E-state index contributed by atoms with van der Waals surface area (Å²) in [7, 11) is 0. The molecule has 7 nitrogen and oxygen atoms in total. The van der Waals surface area contributed by atoms with E-state index in [0.29, 0.717) is 11.8 Å². The first-order chi connectivity index (χ1) is 15.5. The number of carbonyl (C=O) groups is 1. The minimum atomic E-state index is -0.579. The van der Waals surface area contributed by atoms with Gasteiger partial charge in [0.2, 0.25) is 5.95 Å². The van der Waals surface area contributed by atoms with E-state index in [1.165, 1.54) is 17.3 Å². The van der Waals surface area contributed by atoms with Gasteiger partial charge in [0.15, 0.2) is 0 Å². The van der Waals surface area contributed by atoms with E-state index in [1.54, 1.807) is 0 Å². The Kier molecular flexibility index (Phi) is 6.66. The molecule has 0 saturated heterocycles. The number of amides is 1. The number of primary amides is 1. The topological polar surface area (TPSA) is 119 Å². The van der Waals surface area contributed by atoms with E-state index >= 15 is 0 Å². The maximum Gasteiger partial charge on any atom is 0.254 e. The predicted molar refractivity (Wildman–Crippen MR) is 128 cm³/mol. The molecule has 4 rings (SSSR count). The molecule has 0 radical (unpaired) electrons. The van der Waals surface area contributed by atoms with Crippen molar-refractivity contribution < 1.29 is 4.79 Å². The second-order valence-corrected chi connectivity index (χ2v) is 8.51. The highest BCUT2D eigenvalue weighted by molar-refractivity contribution is 5.98. The first-order valence-corrected chi connectivity index (χ1v) is 11.1. The molecule has 0 bridgehead atoms. The van der Waals surface area contributed by atoms with E-state index < -0.39 is 5.91 Å². The summed E-state index contributed by atoms with van der Waals surface area (Å²) < 4.78 is 0. The Balaban J connectivity index is 1.55. The van der Waals surface area contributed by atoms with Crippen molar-refractivity contribution in [3.8, 4) is 0 Å². The summed E-state index contributed by atoms with van der Waals surface area (Å²) in [5.41, 5.74) is 16.5. The van der Waals surface area contributed by atoms with Crippen molar-refractivity contribution in [1.29, 1.82) is 0 Å². The first-order valence-electron chi connectivity index (χ1n) is 11.1. The Morgan fingerprint density at radius 2 is 1.84 bits per heavy atom. The molecule has 32 heavy (non-hydrogen) atoms. The number of hydrogen-bond acceptors (Lipinski definition) is 6. The van der Waals surface area contributed by atoms with Crippen LogP contribution in [-0.2, 0) is 6.42 Å². The number of aryl methyl sites for hydroxylation is 1. The number of anilines is 3. The zero-order valence-electron chi connectivity index (χ0n) is 18.3. The lowest BCUT2D eigenvalue weighted by atomic mass is 9.91. The van der Waals surface area contributed by atoms with Gasteiger partial charge in [0.05, 0.1) is 0 Å². The van der Waals surface area contributed by atoms with E-state index in [4.69, 9.17) is 11.5 Å². The van der Waals surface area contributed by atoms with Crippen molar-refractivity contribution in [3.05, 3.63) is 77.0 Å². The number of nitrogens with one attached hydrogen (secondary N) is 2. The summed E-state index contributed by atoms with van der Waals surface area (Å²) in [6.45, 7) is 2.09. The predicted octanol–water partition coefficient (Wildman–Crippen LogP) is 3.90. The molecule has 3 aromatic rings. The van der Waals surface area contributed by atoms with Crippen LogP contribution in [0.4, 0.5) is 17.5 Å². The smallest absolute Gasteiger partial charge is 0.254 e. The van der Waals surface area contributed by atoms with Crippen molar-refractivity contribution in [1.82, 2.24) is 9.97 Å². The van der Waals surface area contributed by atoms with E-state index in [-0.39, 0.29) is 17.6 Å². The average Bonchev–Trinajstić information content (AvgIpc) is 2.76. The molecule has 7 heteroatoms. The molecule has 1 amide bonds. The van der Waals surface area contributed by atoms with Gasteiger partial charge < -0.3 is 22.1 Å². The van der Waals surface area contributed by atoms with E-state index in [2.05, 4.69) is 63.9 Å². The first kappa shape index (κ1) is 21.8. The van der Waals surface area contributed by atoms with Crippen molar-refractivity contribution in [2.45, 2.75) is 51.1 Å². The normalized spacial score (nSPS) is 18.2. The molecule has 1 heterocycles. The van der Waals surface area contributed by atoms with Crippen LogP contribution in [0, 0.1) is 6.92 Å². The second-order valence-electron chi connectivity index (χ2n) is 8.51. The molecular weight excluding hydrogens is 400 g/mol. The van der Waals surface area contributed by atoms with Gasteiger partial charge in [-0.25, -0.2) is 4.98 Å². The molecule has 6 N–H and O–H groups in total. The van der Waals surface area contributed by atoms with Crippen molar-refractivity contribution >= 4 is 23.4 Å². The standard InChI is InChI=1S/C25H30N6O/c1-16-6-4-7-17(12-16)13-18-8-5-9-19(14-18)29-24-20(23(27)32)15-28-25(31-24)30-22-11-3-2-10-21(22)26/h4-9,12,14-15,21-22H,2-3,10-11,13,26H2,1H3,(H2,27,32)(H2,28,29,30,31)/t21-,22+/m0/s1. The van der Waals surface area contributed by atoms with Gasteiger partial charge in [-0.05, 0) is 49.4 Å². The van der Waals surface area contributed by atoms with E-state index in [9.17, 15) is 4.79 Å². The zero-order valence-corrected chi connectivity index (χ0v) is 18.3. The fraction of sp³-hybridized carbons (Fsp3) is 0.320. The monoisotopic (exact) mass is 430 g/mol. The van der Waals surface area contributed by atoms with Gasteiger partial charge in [0, 0.05) is 24.0 Å². The Morgan fingerprint density at radius 1 is 1.09 bits per heavy atom. The van der Waals surface area contributed by atoms with E-state index in [0.717, 1.165) is 43.4 Å². The van der Waals surface area contributed by atoms with E-state index in [1.807, 2.05) is 12.1 Å². The van der Waals surface area contributed by atoms with Crippen LogP contribution in [0.25, 0.3) is 0 Å². The number of benzene rings is 2. The largest absolute Gasteiger partial charge is 0.365 e. The zero-order chi connectivity index (χ0) is 22.5. The fourth-order valence-electron chi connectivity index (χ4n) is 4.19. The van der Waals surface area contributed by atoms with Gasteiger partial charge in [-0.15, -0.1) is 0 Å². The molecule has 1 aliphatic rings. The number of nitrogens with two attached hydrogens (primary N) is 2. The lowest BCUT2D eigenvalue weighted by molar-refractivity contribution is 0.100. The van der Waals surface area contributed by atoms with Gasteiger partial charge in [-0.2, -0.15) is 4.98 Å².